The van der Waals surface area contributed by atoms with Gasteiger partial charge in [-0.25, -0.2) is 0 Å². The van der Waals surface area contributed by atoms with Crippen LogP contribution in [0.2, 0.25) is 0 Å². The Labute approximate surface area is 176 Å². The van der Waals surface area contributed by atoms with Crippen molar-refractivity contribution < 1.29 is 14.3 Å². The van der Waals surface area contributed by atoms with Crippen LogP contribution in [-0.2, 0) is 15.2 Å². The van der Waals surface area contributed by atoms with Crippen molar-refractivity contribution in [3.63, 3.8) is 0 Å². The maximum atomic E-state index is 12.6. The molecule has 2 aromatic carbocycles. The zero-order chi connectivity index (χ0) is 20.3. The second-order valence-corrected chi connectivity index (χ2v) is 7.93. The predicted octanol–water partition coefficient (Wildman–Crippen LogP) is 4.17. The number of amides is 1. The number of hydrogen-bond acceptors (Lipinski definition) is 5. The molecule has 1 N–H and O–H groups in total. The molecule has 0 saturated carbocycles. The lowest BCUT2D eigenvalue weighted by atomic mass is 10.2. The van der Waals surface area contributed by atoms with Gasteiger partial charge >= 0.3 is 0 Å². The standard InChI is InChI=1S/C23H26N2O3S/c24-15-18-8-10-19(11-9-18)17-29-22-7-2-1-6-21(22)23(26)25-12-4-13-27-16-20-5-3-14-28-20/h1-2,6-11,20H,3-5,12-14,16-17H2,(H,25,26). The van der Waals surface area contributed by atoms with Crippen molar-refractivity contribution in [1.82, 2.24) is 5.32 Å². The van der Waals surface area contributed by atoms with Gasteiger partial charge in [-0.1, -0.05) is 24.3 Å². The minimum absolute atomic E-state index is 0.0629. The summed E-state index contributed by atoms with van der Waals surface area (Å²) in [5.74, 6) is 0.680. The molecule has 0 bridgehead atoms. The molecule has 1 aliphatic heterocycles. The average molecular weight is 411 g/mol. The fraction of sp³-hybridized carbons (Fsp3) is 0.391. The molecular weight excluding hydrogens is 384 g/mol. The lowest BCUT2D eigenvalue weighted by Crippen LogP contribution is -2.26. The molecule has 0 spiro atoms. The van der Waals surface area contributed by atoms with E-state index < -0.39 is 0 Å². The largest absolute Gasteiger partial charge is 0.379 e. The Hall–Kier alpha value is -2.33. The molecule has 29 heavy (non-hydrogen) atoms. The zero-order valence-corrected chi connectivity index (χ0v) is 17.2. The molecule has 2 aromatic rings. The molecule has 1 saturated heterocycles. The van der Waals surface area contributed by atoms with Crippen molar-refractivity contribution in [2.45, 2.75) is 36.0 Å². The first-order valence-corrected chi connectivity index (χ1v) is 10.9. The topological polar surface area (TPSA) is 71.4 Å². The van der Waals surface area contributed by atoms with Crippen molar-refractivity contribution >= 4 is 17.7 Å². The van der Waals surface area contributed by atoms with Gasteiger partial charge in [0.05, 0.1) is 29.9 Å². The van der Waals surface area contributed by atoms with E-state index in [9.17, 15) is 4.79 Å². The van der Waals surface area contributed by atoms with Crippen LogP contribution >= 0.6 is 11.8 Å². The van der Waals surface area contributed by atoms with Gasteiger partial charge in [0.1, 0.15) is 0 Å². The first-order valence-electron chi connectivity index (χ1n) is 9.94. The summed E-state index contributed by atoms with van der Waals surface area (Å²) in [5.41, 5.74) is 2.46. The quantitative estimate of drug-likeness (QED) is 0.470. The molecule has 0 aromatic heterocycles. The van der Waals surface area contributed by atoms with Gasteiger partial charge in [0.2, 0.25) is 0 Å². The Balaban J connectivity index is 1.42. The molecule has 1 unspecified atom stereocenters. The Morgan fingerprint density at radius 1 is 1.24 bits per heavy atom. The molecule has 1 aliphatic rings. The summed E-state index contributed by atoms with van der Waals surface area (Å²) in [5, 5.41) is 11.9. The van der Waals surface area contributed by atoms with Gasteiger partial charge in [-0.05, 0) is 49.1 Å². The first-order chi connectivity index (χ1) is 14.3. The number of benzene rings is 2. The van der Waals surface area contributed by atoms with Crippen LogP contribution in [0.25, 0.3) is 0 Å². The van der Waals surface area contributed by atoms with Gasteiger partial charge < -0.3 is 14.8 Å². The monoisotopic (exact) mass is 410 g/mol. The van der Waals surface area contributed by atoms with E-state index in [1.807, 2.05) is 48.5 Å². The molecule has 5 nitrogen and oxygen atoms in total. The number of thioether (sulfide) groups is 1. The van der Waals surface area contributed by atoms with Crippen LogP contribution in [0.1, 0.15) is 40.7 Å². The molecule has 0 aliphatic carbocycles. The van der Waals surface area contributed by atoms with E-state index in [2.05, 4.69) is 11.4 Å². The first kappa shape index (κ1) is 21.4. The predicted molar refractivity (Wildman–Crippen MR) is 114 cm³/mol. The highest BCUT2D eigenvalue weighted by Gasteiger charge is 2.15. The van der Waals surface area contributed by atoms with Gasteiger partial charge in [-0.15, -0.1) is 11.8 Å². The molecule has 1 atom stereocenters. The summed E-state index contributed by atoms with van der Waals surface area (Å²) in [7, 11) is 0. The Morgan fingerprint density at radius 2 is 2.07 bits per heavy atom. The van der Waals surface area contributed by atoms with Crippen molar-refractivity contribution in [2.75, 3.05) is 26.4 Å². The number of hydrogen-bond donors (Lipinski definition) is 1. The van der Waals surface area contributed by atoms with Crippen LogP contribution < -0.4 is 5.32 Å². The molecule has 3 rings (SSSR count). The number of nitriles is 1. The molecule has 1 fully saturated rings. The smallest absolute Gasteiger partial charge is 0.252 e. The molecule has 152 valence electrons. The van der Waals surface area contributed by atoms with Gasteiger partial charge in [-0.2, -0.15) is 5.26 Å². The lowest BCUT2D eigenvalue weighted by Gasteiger charge is -2.11. The van der Waals surface area contributed by atoms with E-state index in [4.69, 9.17) is 14.7 Å². The van der Waals surface area contributed by atoms with Gasteiger partial charge in [-0.3, -0.25) is 4.79 Å². The van der Waals surface area contributed by atoms with Crippen LogP contribution in [0.4, 0.5) is 0 Å². The third-order valence-corrected chi connectivity index (χ3v) is 5.83. The fourth-order valence-electron chi connectivity index (χ4n) is 3.08. The fourth-order valence-corrected chi connectivity index (χ4v) is 4.08. The normalized spacial score (nSPS) is 15.8. The second-order valence-electron chi connectivity index (χ2n) is 6.91. The molecule has 1 amide bonds. The number of carbonyl (C=O) groups excluding carboxylic acids is 1. The third kappa shape index (κ3) is 6.90. The minimum Gasteiger partial charge on any atom is -0.379 e. The van der Waals surface area contributed by atoms with Gasteiger partial charge in [0.25, 0.3) is 5.91 Å². The summed E-state index contributed by atoms with van der Waals surface area (Å²) in [6.45, 7) is 2.68. The number of carbonyl (C=O) groups is 1. The maximum Gasteiger partial charge on any atom is 0.252 e. The summed E-state index contributed by atoms with van der Waals surface area (Å²) < 4.78 is 11.2. The van der Waals surface area contributed by atoms with Crippen molar-refractivity contribution in [2.24, 2.45) is 0 Å². The van der Waals surface area contributed by atoms with E-state index in [0.29, 0.717) is 30.9 Å². The maximum absolute atomic E-state index is 12.6. The molecular formula is C23H26N2O3S. The van der Waals surface area contributed by atoms with Gasteiger partial charge in [0, 0.05) is 30.4 Å². The Kier molecular flexibility index (Phi) is 8.57. The van der Waals surface area contributed by atoms with E-state index in [0.717, 1.165) is 42.1 Å². The average Bonchev–Trinajstić information content (AvgIpc) is 3.28. The van der Waals surface area contributed by atoms with Crippen LogP contribution in [-0.4, -0.2) is 38.4 Å². The Morgan fingerprint density at radius 3 is 2.83 bits per heavy atom. The molecule has 1 heterocycles. The number of rotatable bonds is 10. The summed E-state index contributed by atoms with van der Waals surface area (Å²) in [6.07, 6.45) is 3.21. The lowest BCUT2D eigenvalue weighted by molar-refractivity contribution is 0.0166. The van der Waals surface area contributed by atoms with E-state index in [-0.39, 0.29) is 12.0 Å². The van der Waals surface area contributed by atoms with Crippen molar-refractivity contribution in [3.8, 4) is 6.07 Å². The summed E-state index contributed by atoms with van der Waals surface area (Å²) >= 11 is 1.62. The highest BCUT2D eigenvalue weighted by molar-refractivity contribution is 7.98. The Bertz CT molecular complexity index is 827. The van der Waals surface area contributed by atoms with E-state index in [1.165, 1.54) is 0 Å². The number of nitrogens with zero attached hydrogens (tertiary/aromatic N) is 1. The highest BCUT2D eigenvalue weighted by Crippen LogP contribution is 2.26. The zero-order valence-electron chi connectivity index (χ0n) is 16.4. The van der Waals surface area contributed by atoms with Crippen LogP contribution in [0.5, 0.6) is 0 Å². The van der Waals surface area contributed by atoms with Crippen LogP contribution in [0.15, 0.2) is 53.4 Å². The minimum atomic E-state index is -0.0629. The van der Waals surface area contributed by atoms with E-state index >= 15 is 0 Å². The molecule has 6 heteroatoms. The number of ether oxygens (including phenoxy) is 2. The van der Waals surface area contributed by atoms with Gasteiger partial charge in [0.15, 0.2) is 0 Å². The number of nitrogens with one attached hydrogen (secondary N) is 1. The second kappa shape index (κ2) is 11.6. The SMILES string of the molecule is N#Cc1ccc(CSc2ccccc2C(=O)NCCCOCC2CCCO2)cc1. The van der Waals surface area contributed by atoms with E-state index in [1.54, 1.807) is 11.8 Å². The van der Waals surface area contributed by atoms with Crippen LogP contribution in [0, 0.1) is 11.3 Å². The molecule has 0 radical (unpaired) electrons. The van der Waals surface area contributed by atoms with Crippen molar-refractivity contribution in [1.29, 1.82) is 5.26 Å². The third-order valence-electron chi connectivity index (χ3n) is 4.69. The summed E-state index contributed by atoms with van der Waals surface area (Å²) in [6, 6.07) is 17.3. The summed E-state index contributed by atoms with van der Waals surface area (Å²) in [4.78, 5) is 13.5. The highest BCUT2D eigenvalue weighted by atomic mass is 32.2. The van der Waals surface area contributed by atoms with Crippen molar-refractivity contribution in [3.05, 3.63) is 65.2 Å². The van der Waals surface area contributed by atoms with Crippen LogP contribution in [0.3, 0.4) is 0 Å².